The minimum absolute atomic E-state index is 0.0553. The van der Waals surface area contributed by atoms with E-state index in [0.29, 0.717) is 0 Å². The third-order valence-corrected chi connectivity index (χ3v) is 2.48. The number of rotatable bonds is 3. The van der Waals surface area contributed by atoms with Crippen molar-refractivity contribution in [2.45, 2.75) is 19.0 Å². The van der Waals surface area contributed by atoms with Crippen LogP contribution in [-0.2, 0) is 11.2 Å². The van der Waals surface area contributed by atoms with Crippen LogP contribution in [0.4, 0.5) is 13.2 Å². The van der Waals surface area contributed by atoms with Crippen LogP contribution in [0.5, 0.6) is 0 Å². The molecule has 0 fully saturated rings. The summed E-state index contributed by atoms with van der Waals surface area (Å²) in [7, 11) is 1.19. The van der Waals surface area contributed by atoms with Gasteiger partial charge in [0.1, 0.15) is 0 Å². The highest BCUT2D eigenvalue weighted by atomic mass is 32.1. The van der Waals surface area contributed by atoms with E-state index >= 15 is 0 Å². The second kappa shape index (κ2) is 4.61. The van der Waals surface area contributed by atoms with Crippen molar-refractivity contribution >= 4 is 17.3 Å². The zero-order chi connectivity index (χ0) is 11.5. The molecule has 0 N–H and O–H groups in total. The first kappa shape index (κ1) is 12.0. The van der Waals surface area contributed by atoms with E-state index in [9.17, 15) is 18.0 Å². The lowest BCUT2D eigenvalue weighted by molar-refractivity contribution is -0.133. The van der Waals surface area contributed by atoms with E-state index in [1.54, 1.807) is 0 Å². The molecule has 0 amide bonds. The molecule has 3 nitrogen and oxygen atoms in total. The van der Waals surface area contributed by atoms with Crippen molar-refractivity contribution in [2.24, 2.45) is 0 Å². The fraction of sp³-hybridized carbons (Fsp3) is 0.500. The summed E-state index contributed by atoms with van der Waals surface area (Å²) in [4.78, 5) is 14.7. The summed E-state index contributed by atoms with van der Waals surface area (Å²) in [6, 6.07) is 0. The zero-order valence-corrected chi connectivity index (χ0v) is 8.61. The monoisotopic (exact) mass is 239 g/mol. The molecule has 1 rings (SSSR count). The van der Waals surface area contributed by atoms with Crippen molar-refractivity contribution < 1.29 is 22.7 Å². The molecule has 0 saturated heterocycles. The van der Waals surface area contributed by atoms with Crippen LogP contribution in [-0.4, -0.2) is 24.2 Å². The Morgan fingerprint density at radius 2 is 2.27 bits per heavy atom. The molecule has 1 aromatic rings. The molecule has 0 aliphatic carbocycles. The molecule has 0 radical (unpaired) electrons. The van der Waals surface area contributed by atoms with Gasteiger partial charge in [-0.3, -0.25) is 0 Å². The van der Waals surface area contributed by atoms with Crippen LogP contribution in [0.25, 0.3) is 0 Å². The Balaban J connectivity index is 2.57. The van der Waals surface area contributed by atoms with Gasteiger partial charge in [-0.05, 0) is 0 Å². The van der Waals surface area contributed by atoms with Crippen LogP contribution in [0.15, 0.2) is 5.38 Å². The second-order valence-electron chi connectivity index (χ2n) is 2.73. The minimum atomic E-state index is -4.20. The van der Waals surface area contributed by atoms with E-state index in [-0.39, 0.29) is 17.1 Å². The molecule has 0 spiro atoms. The average Bonchev–Trinajstić information content (AvgIpc) is 2.61. The Bertz CT molecular complexity index is 348. The average molecular weight is 239 g/mol. The molecule has 0 aromatic carbocycles. The topological polar surface area (TPSA) is 39.2 Å². The number of nitrogens with zero attached hydrogens (tertiary/aromatic N) is 1. The zero-order valence-electron chi connectivity index (χ0n) is 7.80. The number of carbonyl (C=O) groups is 1. The van der Waals surface area contributed by atoms with E-state index in [4.69, 9.17) is 0 Å². The van der Waals surface area contributed by atoms with Gasteiger partial charge >= 0.3 is 12.1 Å². The Morgan fingerprint density at radius 3 is 2.80 bits per heavy atom. The van der Waals surface area contributed by atoms with E-state index in [2.05, 4.69) is 9.72 Å². The van der Waals surface area contributed by atoms with Crippen molar-refractivity contribution in [1.82, 2.24) is 4.98 Å². The Hall–Kier alpha value is -1.11. The molecule has 0 atom stereocenters. The van der Waals surface area contributed by atoms with Gasteiger partial charge in [0.05, 0.1) is 12.1 Å². The van der Waals surface area contributed by atoms with Gasteiger partial charge in [-0.15, -0.1) is 11.3 Å². The molecule has 84 valence electrons. The number of hydrogen-bond donors (Lipinski definition) is 0. The van der Waals surface area contributed by atoms with Gasteiger partial charge in [-0.2, -0.15) is 13.2 Å². The molecule has 0 saturated carbocycles. The van der Waals surface area contributed by atoms with Crippen LogP contribution < -0.4 is 0 Å². The first-order chi connectivity index (χ1) is 6.92. The number of ether oxygens (including phenoxy) is 1. The van der Waals surface area contributed by atoms with Gasteiger partial charge in [-0.25, -0.2) is 9.78 Å². The Morgan fingerprint density at radius 1 is 1.60 bits per heavy atom. The highest BCUT2D eigenvalue weighted by molar-refractivity contribution is 7.09. The van der Waals surface area contributed by atoms with Crippen molar-refractivity contribution in [3.8, 4) is 0 Å². The summed E-state index contributed by atoms with van der Waals surface area (Å²) in [5, 5.41) is 1.67. The van der Waals surface area contributed by atoms with Crippen molar-refractivity contribution in [2.75, 3.05) is 7.11 Å². The molecule has 0 unspecified atom stereocenters. The second-order valence-corrected chi connectivity index (χ2v) is 3.68. The molecule has 1 aromatic heterocycles. The summed E-state index contributed by atoms with van der Waals surface area (Å²) in [6.45, 7) is 0. The SMILES string of the molecule is COC(=O)c1csc(CCC(F)(F)F)n1. The van der Waals surface area contributed by atoms with Gasteiger partial charge in [0.15, 0.2) is 5.69 Å². The first-order valence-electron chi connectivity index (χ1n) is 4.02. The first-order valence-corrected chi connectivity index (χ1v) is 4.90. The molecule has 0 bridgehead atoms. The third-order valence-electron chi connectivity index (χ3n) is 1.57. The van der Waals surface area contributed by atoms with Gasteiger partial charge in [0.25, 0.3) is 0 Å². The maximum absolute atomic E-state index is 11.9. The van der Waals surface area contributed by atoms with Crippen molar-refractivity contribution in [1.29, 1.82) is 0 Å². The minimum Gasteiger partial charge on any atom is -0.464 e. The molecular weight excluding hydrogens is 231 g/mol. The number of esters is 1. The van der Waals surface area contributed by atoms with Gasteiger partial charge in [-0.1, -0.05) is 0 Å². The van der Waals surface area contributed by atoms with E-state index in [1.165, 1.54) is 12.5 Å². The predicted octanol–water partition coefficient (Wildman–Crippen LogP) is 2.42. The van der Waals surface area contributed by atoms with Crippen LogP contribution in [0.1, 0.15) is 21.9 Å². The van der Waals surface area contributed by atoms with Gasteiger partial charge in [0.2, 0.25) is 0 Å². The number of alkyl halides is 3. The summed E-state index contributed by atoms with van der Waals surface area (Å²) >= 11 is 1.02. The number of aromatic nitrogens is 1. The van der Waals surface area contributed by atoms with Crippen LogP contribution in [0, 0.1) is 0 Å². The van der Waals surface area contributed by atoms with Gasteiger partial charge in [0, 0.05) is 18.2 Å². The summed E-state index contributed by atoms with van der Waals surface area (Å²) in [5.74, 6) is -0.635. The van der Waals surface area contributed by atoms with E-state index in [1.807, 2.05) is 0 Å². The third kappa shape index (κ3) is 3.86. The highest BCUT2D eigenvalue weighted by Crippen LogP contribution is 2.23. The number of hydrogen-bond acceptors (Lipinski definition) is 4. The predicted molar refractivity (Wildman–Crippen MR) is 47.8 cm³/mol. The lowest BCUT2D eigenvalue weighted by atomic mass is 10.3. The van der Waals surface area contributed by atoms with E-state index in [0.717, 1.165) is 11.3 Å². The summed E-state index contributed by atoms with van der Waals surface area (Å²) < 4.78 is 40.0. The number of carbonyl (C=O) groups excluding carboxylic acids is 1. The normalized spacial score (nSPS) is 11.5. The summed E-state index contributed by atoms with van der Waals surface area (Å²) in [5.41, 5.74) is 0.0553. The highest BCUT2D eigenvalue weighted by Gasteiger charge is 2.27. The number of aryl methyl sites for hydroxylation is 1. The fourth-order valence-electron chi connectivity index (χ4n) is 0.873. The quantitative estimate of drug-likeness (QED) is 0.760. The molecule has 1 heterocycles. The van der Waals surface area contributed by atoms with Gasteiger partial charge < -0.3 is 4.74 Å². The number of thiazole rings is 1. The van der Waals surface area contributed by atoms with Crippen molar-refractivity contribution in [3.63, 3.8) is 0 Å². The van der Waals surface area contributed by atoms with Crippen molar-refractivity contribution in [3.05, 3.63) is 16.1 Å². The number of halogens is 3. The molecular formula is C8H8F3NO2S. The molecule has 0 aliphatic rings. The fourth-order valence-corrected chi connectivity index (χ4v) is 1.64. The molecule has 0 aliphatic heterocycles. The van der Waals surface area contributed by atoms with Crippen LogP contribution in [0.3, 0.4) is 0 Å². The standard InChI is InChI=1S/C8H8F3NO2S/c1-14-7(13)5-4-15-6(12-5)2-3-8(9,10)11/h4H,2-3H2,1H3. The smallest absolute Gasteiger partial charge is 0.389 e. The van der Waals surface area contributed by atoms with Crippen LogP contribution in [0.2, 0.25) is 0 Å². The maximum Gasteiger partial charge on any atom is 0.389 e. The summed E-state index contributed by atoms with van der Waals surface area (Å²) in [6.07, 6.45) is -5.33. The Labute approximate surface area is 87.9 Å². The molecule has 15 heavy (non-hydrogen) atoms. The number of methoxy groups -OCH3 is 1. The molecule has 7 heteroatoms. The maximum atomic E-state index is 11.9. The lowest BCUT2D eigenvalue weighted by Gasteiger charge is -2.02. The van der Waals surface area contributed by atoms with Crippen LogP contribution >= 0.6 is 11.3 Å². The van der Waals surface area contributed by atoms with E-state index < -0.39 is 18.6 Å². The largest absolute Gasteiger partial charge is 0.464 e. The lowest BCUT2D eigenvalue weighted by Crippen LogP contribution is -2.08. The Kier molecular flexibility index (Phi) is 3.67.